The van der Waals surface area contributed by atoms with E-state index in [1.54, 1.807) is 11.8 Å². The molecule has 0 bridgehead atoms. The Morgan fingerprint density at radius 3 is 2.78 bits per heavy atom. The zero-order valence-electron chi connectivity index (χ0n) is 15.6. The molecule has 3 N–H and O–H groups in total. The van der Waals surface area contributed by atoms with E-state index in [9.17, 15) is 4.79 Å². The molecule has 2 aliphatic rings. The second-order valence-electron chi connectivity index (χ2n) is 7.08. The van der Waals surface area contributed by atoms with E-state index in [0.29, 0.717) is 11.7 Å². The van der Waals surface area contributed by atoms with Crippen molar-refractivity contribution in [3.8, 4) is 11.5 Å². The van der Waals surface area contributed by atoms with E-state index in [1.165, 1.54) is 32.7 Å². The van der Waals surface area contributed by atoms with Gasteiger partial charge in [-0.2, -0.15) is 11.8 Å². The van der Waals surface area contributed by atoms with Crippen molar-refractivity contribution in [3.05, 3.63) is 52.1 Å². The molecule has 0 unspecified atom stereocenters. The number of thioether (sulfide) groups is 2. The summed E-state index contributed by atoms with van der Waals surface area (Å²) in [5.41, 5.74) is 8.65. The minimum Gasteiger partial charge on any atom is -0.457 e. The summed E-state index contributed by atoms with van der Waals surface area (Å²) >= 11 is 3.55. The van der Waals surface area contributed by atoms with E-state index in [2.05, 4.69) is 43.5 Å². The Morgan fingerprint density at radius 1 is 1.30 bits per heavy atom. The number of carbonyl (C=O) groups is 1. The second kappa shape index (κ2) is 7.78. The summed E-state index contributed by atoms with van der Waals surface area (Å²) in [5.74, 6) is 10.2. The zero-order valence-corrected chi connectivity index (χ0v) is 17.3. The van der Waals surface area contributed by atoms with Crippen LogP contribution in [-0.2, 0) is 17.6 Å². The number of nitrogens with two attached hydrogens (primary N) is 1. The van der Waals surface area contributed by atoms with Crippen molar-refractivity contribution in [2.75, 3.05) is 17.3 Å². The van der Waals surface area contributed by atoms with Crippen LogP contribution in [-0.4, -0.2) is 23.2 Å². The summed E-state index contributed by atoms with van der Waals surface area (Å²) in [6.07, 6.45) is 1.84. The van der Waals surface area contributed by atoms with Crippen LogP contribution in [0.4, 0.5) is 0 Å². The number of hydrogen-bond donors (Lipinski definition) is 2. The van der Waals surface area contributed by atoms with Gasteiger partial charge in [-0.1, -0.05) is 19.1 Å². The summed E-state index contributed by atoms with van der Waals surface area (Å²) in [6, 6.07) is 8.68. The lowest BCUT2D eigenvalue weighted by Gasteiger charge is -2.31. The maximum absolute atomic E-state index is 11.8. The molecule has 27 heavy (non-hydrogen) atoms. The first kappa shape index (κ1) is 18.7. The van der Waals surface area contributed by atoms with Crippen molar-refractivity contribution in [1.82, 2.24) is 5.43 Å². The molecule has 1 fully saturated rings. The number of fused-ring (bicyclic) bond motifs is 2. The number of amides is 1. The van der Waals surface area contributed by atoms with Crippen LogP contribution in [0.25, 0.3) is 0 Å². The van der Waals surface area contributed by atoms with Crippen LogP contribution >= 0.6 is 23.5 Å². The summed E-state index contributed by atoms with van der Waals surface area (Å²) in [6.45, 7) is 4.30. The number of carbonyl (C=O) groups excluding carboxylic acids is 1. The highest BCUT2D eigenvalue weighted by atomic mass is 32.2. The van der Waals surface area contributed by atoms with Crippen LogP contribution in [0.15, 0.2) is 29.2 Å². The van der Waals surface area contributed by atoms with Crippen LogP contribution < -0.4 is 16.0 Å². The molecule has 6 heteroatoms. The van der Waals surface area contributed by atoms with Crippen molar-refractivity contribution in [3.63, 3.8) is 0 Å². The number of rotatable bonds is 5. The third kappa shape index (κ3) is 3.58. The van der Waals surface area contributed by atoms with Crippen molar-refractivity contribution in [1.29, 1.82) is 0 Å². The van der Waals surface area contributed by atoms with Gasteiger partial charge in [0.05, 0.1) is 5.75 Å². The number of hydrogen-bond acceptors (Lipinski definition) is 5. The Balaban J connectivity index is 1.76. The van der Waals surface area contributed by atoms with Gasteiger partial charge in [0.15, 0.2) is 0 Å². The monoisotopic (exact) mass is 400 g/mol. The maximum Gasteiger partial charge on any atom is 0.244 e. The molecule has 1 saturated heterocycles. The first-order valence-corrected chi connectivity index (χ1v) is 11.4. The Hall–Kier alpha value is -1.63. The molecule has 2 aliphatic heterocycles. The Kier molecular flexibility index (Phi) is 5.39. The van der Waals surface area contributed by atoms with Crippen LogP contribution in [0.2, 0.25) is 0 Å². The van der Waals surface area contributed by atoms with Crippen molar-refractivity contribution < 1.29 is 9.53 Å². The van der Waals surface area contributed by atoms with Gasteiger partial charge in [0.2, 0.25) is 5.91 Å². The average molecular weight is 401 g/mol. The molecule has 2 heterocycles. The third-order valence-electron chi connectivity index (χ3n) is 5.23. The van der Waals surface area contributed by atoms with Crippen molar-refractivity contribution in [2.45, 2.75) is 37.5 Å². The predicted octanol–water partition coefficient (Wildman–Crippen LogP) is 4.17. The average Bonchev–Trinajstić information content (AvgIpc) is 2.63. The number of hydrazine groups is 1. The molecular weight excluding hydrogens is 376 g/mol. The smallest absolute Gasteiger partial charge is 0.244 e. The number of ether oxygens (including phenoxy) is 1. The minimum absolute atomic E-state index is 0.159. The van der Waals surface area contributed by atoms with E-state index >= 15 is 0 Å². The molecule has 0 aliphatic carbocycles. The summed E-state index contributed by atoms with van der Waals surface area (Å²) in [7, 11) is 0. The molecule has 4 rings (SSSR count). The maximum atomic E-state index is 11.8. The fourth-order valence-electron chi connectivity index (χ4n) is 3.74. The summed E-state index contributed by atoms with van der Waals surface area (Å²) in [5, 5.41) is 0. The fourth-order valence-corrected chi connectivity index (χ4v) is 5.67. The molecule has 4 nitrogen and oxygen atoms in total. The lowest BCUT2D eigenvalue weighted by atomic mass is 9.90. The topological polar surface area (TPSA) is 64.4 Å². The lowest BCUT2D eigenvalue weighted by Crippen LogP contribution is -2.31. The normalized spacial score (nSPS) is 15.4. The van der Waals surface area contributed by atoms with Gasteiger partial charge in [-0.15, -0.1) is 11.8 Å². The molecule has 1 amide bonds. The van der Waals surface area contributed by atoms with E-state index in [0.717, 1.165) is 35.8 Å². The molecule has 2 aromatic carbocycles. The van der Waals surface area contributed by atoms with Gasteiger partial charge in [0.1, 0.15) is 11.5 Å². The largest absolute Gasteiger partial charge is 0.457 e. The quantitative estimate of drug-likeness (QED) is 0.291. The predicted molar refractivity (Wildman–Crippen MR) is 113 cm³/mol. The Morgan fingerprint density at radius 2 is 2.11 bits per heavy atom. The number of nitrogens with one attached hydrogen (secondary N) is 1. The lowest BCUT2D eigenvalue weighted by molar-refractivity contribution is -0.118. The van der Waals surface area contributed by atoms with Gasteiger partial charge >= 0.3 is 0 Å². The molecule has 2 aromatic rings. The van der Waals surface area contributed by atoms with Gasteiger partial charge in [0, 0.05) is 39.9 Å². The Labute approximate surface area is 168 Å². The van der Waals surface area contributed by atoms with E-state index in [1.807, 2.05) is 11.8 Å². The molecule has 0 saturated carbocycles. The van der Waals surface area contributed by atoms with Gasteiger partial charge in [0.25, 0.3) is 0 Å². The molecule has 0 atom stereocenters. The van der Waals surface area contributed by atoms with Crippen molar-refractivity contribution in [2.24, 2.45) is 5.84 Å². The molecule has 142 valence electrons. The summed E-state index contributed by atoms with van der Waals surface area (Å²) < 4.78 is 6.32. The van der Waals surface area contributed by atoms with E-state index in [4.69, 9.17) is 10.6 Å². The Bertz CT molecular complexity index is 894. The highest BCUT2D eigenvalue weighted by molar-refractivity contribution is 8.01. The molecule has 0 spiro atoms. The first-order chi connectivity index (χ1) is 13.1. The van der Waals surface area contributed by atoms with E-state index in [-0.39, 0.29) is 5.91 Å². The van der Waals surface area contributed by atoms with Gasteiger partial charge in [-0.05, 0) is 42.2 Å². The van der Waals surface area contributed by atoms with Gasteiger partial charge in [-0.3, -0.25) is 10.2 Å². The van der Waals surface area contributed by atoms with Crippen LogP contribution in [0.1, 0.15) is 40.7 Å². The van der Waals surface area contributed by atoms with Crippen LogP contribution in [0.5, 0.6) is 11.5 Å². The fraction of sp³-hybridized carbons (Fsp3) is 0.381. The zero-order chi connectivity index (χ0) is 19.0. The highest BCUT2D eigenvalue weighted by Crippen LogP contribution is 2.47. The minimum atomic E-state index is -0.159. The van der Waals surface area contributed by atoms with Gasteiger partial charge < -0.3 is 4.74 Å². The number of aryl methyl sites for hydroxylation is 2. The first-order valence-electron chi connectivity index (χ1n) is 9.26. The molecule has 0 radical (unpaired) electrons. The van der Waals surface area contributed by atoms with Crippen LogP contribution in [0.3, 0.4) is 0 Å². The van der Waals surface area contributed by atoms with Crippen molar-refractivity contribution >= 4 is 29.4 Å². The summed E-state index contributed by atoms with van der Waals surface area (Å²) in [4.78, 5) is 13.0. The van der Waals surface area contributed by atoms with Gasteiger partial charge in [-0.25, -0.2) is 5.84 Å². The SMILES string of the molecule is CCc1cc(C)cc2c1Cc1c(ccc(C3CSC3)c1SCC(=O)NN)O2. The number of benzene rings is 2. The molecule has 0 aromatic heterocycles. The standard InChI is InChI=1S/C21H24N2O2S2/c1-3-13-6-12(2)7-19-16(13)8-17-18(25-19)5-4-15(14-9-26-10-14)21(17)27-11-20(24)23-22/h4-7,14H,3,8-11,22H2,1-2H3,(H,23,24). The third-order valence-corrected chi connectivity index (χ3v) is 7.69. The van der Waals surface area contributed by atoms with E-state index < -0.39 is 0 Å². The second-order valence-corrected chi connectivity index (χ2v) is 9.14. The van der Waals surface area contributed by atoms with Crippen LogP contribution in [0, 0.1) is 6.92 Å². The molecular formula is C21H24N2O2S2. The highest BCUT2D eigenvalue weighted by Gasteiger charge is 2.29.